The summed E-state index contributed by atoms with van der Waals surface area (Å²) in [6, 6.07) is 74.5. The van der Waals surface area contributed by atoms with Gasteiger partial charge in [-0.2, -0.15) is 0 Å². The van der Waals surface area contributed by atoms with Crippen LogP contribution in [0.15, 0.2) is 206 Å². The Morgan fingerprint density at radius 1 is 0.308 bits per heavy atom. The summed E-state index contributed by atoms with van der Waals surface area (Å²) in [4.78, 5) is 2.34. The molecule has 2 heteroatoms. The summed E-state index contributed by atoms with van der Waals surface area (Å²) in [6.45, 7) is 0. The van der Waals surface area contributed by atoms with Gasteiger partial charge in [0.05, 0.1) is 11.0 Å². The van der Waals surface area contributed by atoms with Gasteiger partial charge in [0.1, 0.15) is 0 Å². The Hall–Kier alpha value is -6.90. The second-order valence-electron chi connectivity index (χ2n) is 13.4. The minimum absolute atomic E-state index is 1.11. The Kier molecular flexibility index (Phi) is 7.18. The summed E-state index contributed by atoms with van der Waals surface area (Å²) < 4.78 is 2.45. The van der Waals surface area contributed by atoms with Gasteiger partial charge >= 0.3 is 0 Å². The summed E-state index contributed by atoms with van der Waals surface area (Å²) in [5.74, 6) is 0. The lowest BCUT2D eigenvalue weighted by Gasteiger charge is -2.26. The van der Waals surface area contributed by atoms with Gasteiger partial charge in [-0.15, -0.1) is 0 Å². The maximum Gasteiger partial charge on any atom is 0.0625 e. The van der Waals surface area contributed by atoms with Gasteiger partial charge in [0.25, 0.3) is 0 Å². The fourth-order valence-corrected chi connectivity index (χ4v) is 7.99. The predicted molar refractivity (Wildman–Crippen MR) is 221 cm³/mol. The number of rotatable bonds is 6. The van der Waals surface area contributed by atoms with Crippen molar-refractivity contribution in [3.8, 4) is 27.9 Å². The molecule has 1 heterocycles. The molecular formula is C50H34N2. The highest BCUT2D eigenvalue weighted by molar-refractivity contribution is 6.32. The van der Waals surface area contributed by atoms with Crippen LogP contribution in [0, 0.1) is 0 Å². The lowest BCUT2D eigenvalue weighted by molar-refractivity contribution is 1.19. The van der Waals surface area contributed by atoms with Crippen molar-refractivity contribution in [2.45, 2.75) is 0 Å². The van der Waals surface area contributed by atoms with Crippen LogP contribution in [0.25, 0.3) is 71.3 Å². The Morgan fingerprint density at radius 2 is 0.808 bits per heavy atom. The molecule has 0 aliphatic rings. The summed E-state index contributed by atoms with van der Waals surface area (Å²) in [5.41, 5.74) is 11.7. The molecule has 9 aromatic carbocycles. The highest BCUT2D eigenvalue weighted by Crippen LogP contribution is 2.44. The first kappa shape index (κ1) is 30.0. The molecule has 10 rings (SSSR count). The fourth-order valence-electron chi connectivity index (χ4n) is 7.99. The molecule has 52 heavy (non-hydrogen) atoms. The molecule has 0 radical (unpaired) electrons. The molecule has 0 atom stereocenters. The predicted octanol–water partition coefficient (Wildman–Crippen LogP) is 13.9. The van der Waals surface area contributed by atoms with Gasteiger partial charge in [0.2, 0.25) is 0 Å². The van der Waals surface area contributed by atoms with E-state index < -0.39 is 0 Å². The summed E-state index contributed by atoms with van der Waals surface area (Å²) >= 11 is 0. The van der Waals surface area contributed by atoms with Crippen LogP contribution in [0.4, 0.5) is 17.1 Å². The minimum atomic E-state index is 1.11. The Morgan fingerprint density at radius 3 is 1.54 bits per heavy atom. The maximum absolute atomic E-state index is 2.45. The van der Waals surface area contributed by atoms with E-state index in [4.69, 9.17) is 0 Å². The molecule has 0 aliphatic carbocycles. The second kappa shape index (κ2) is 12.5. The molecule has 0 bridgehead atoms. The maximum atomic E-state index is 2.45. The van der Waals surface area contributed by atoms with E-state index in [1.807, 2.05) is 0 Å². The lowest BCUT2D eigenvalue weighted by Crippen LogP contribution is -2.09. The zero-order valence-corrected chi connectivity index (χ0v) is 28.5. The molecule has 0 saturated carbocycles. The van der Waals surface area contributed by atoms with E-state index >= 15 is 0 Å². The van der Waals surface area contributed by atoms with E-state index in [-0.39, 0.29) is 0 Å². The number of fused-ring (bicyclic) bond motifs is 8. The van der Waals surface area contributed by atoms with E-state index in [9.17, 15) is 0 Å². The minimum Gasteiger partial charge on any atom is -0.310 e. The molecule has 1 aromatic heterocycles. The largest absolute Gasteiger partial charge is 0.310 e. The second-order valence-corrected chi connectivity index (χ2v) is 13.4. The molecule has 0 unspecified atom stereocenters. The van der Waals surface area contributed by atoms with Crippen molar-refractivity contribution < 1.29 is 0 Å². The number of para-hydroxylation sites is 2. The monoisotopic (exact) mass is 662 g/mol. The first-order valence-corrected chi connectivity index (χ1v) is 17.9. The zero-order valence-electron chi connectivity index (χ0n) is 28.5. The smallest absolute Gasteiger partial charge is 0.0625 e. The summed E-state index contributed by atoms with van der Waals surface area (Å²) in [7, 11) is 0. The molecule has 0 saturated heterocycles. The van der Waals surface area contributed by atoms with Crippen LogP contribution in [0.3, 0.4) is 0 Å². The number of hydrogen-bond acceptors (Lipinski definition) is 1. The average molecular weight is 663 g/mol. The van der Waals surface area contributed by atoms with Crippen LogP contribution >= 0.6 is 0 Å². The van der Waals surface area contributed by atoms with E-state index in [1.54, 1.807) is 0 Å². The standard InChI is InChI=1S/C50H34N2/c1-4-15-35(16-5-1)36-27-30-41(31-28-36)51(39-18-6-2-7-19-39)42-22-14-17-37(33-42)38-29-32-48-47(34-38)49-45-25-12-10-23-43(45)44-24-11-13-26-46(44)50(49)52(48)40-20-8-3-9-21-40/h1-34H. The third kappa shape index (κ3) is 4.96. The van der Waals surface area contributed by atoms with Crippen molar-refractivity contribution in [1.29, 1.82) is 0 Å². The number of nitrogens with zero attached hydrogens (tertiary/aromatic N) is 2. The van der Waals surface area contributed by atoms with Crippen LogP contribution < -0.4 is 4.90 Å². The molecule has 0 N–H and O–H groups in total. The molecular weight excluding hydrogens is 629 g/mol. The molecule has 10 aromatic rings. The number of anilines is 3. The van der Waals surface area contributed by atoms with Gasteiger partial charge in [-0.25, -0.2) is 0 Å². The van der Waals surface area contributed by atoms with Crippen LogP contribution in [-0.2, 0) is 0 Å². The summed E-state index contributed by atoms with van der Waals surface area (Å²) in [5, 5.41) is 7.63. The zero-order chi connectivity index (χ0) is 34.4. The van der Waals surface area contributed by atoms with Crippen LogP contribution in [-0.4, -0.2) is 4.57 Å². The highest BCUT2D eigenvalue weighted by Gasteiger charge is 2.20. The summed E-state index contributed by atoms with van der Waals surface area (Å²) in [6.07, 6.45) is 0. The number of aromatic nitrogens is 1. The van der Waals surface area contributed by atoms with E-state index in [1.165, 1.54) is 65.6 Å². The van der Waals surface area contributed by atoms with Gasteiger partial charge in [-0.3, -0.25) is 0 Å². The Bertz CT molecular complexity index is 2870. The lowest BCUT2D eigenvalue weighted by atomic mass is 9.95. The van der Waals surface area contributed by atoms with Crippen molar-refractivity contribution in [2.24, 2.45) is 0 Å². The highest BCUT2D eigenvalue weighted by atomic mass is 15.1. The van der Waals surface area contributed by atoms with Crippen LogP contribution in [0.5, 0.6) is 0 Å². The molecule has 0 fully saturated rings. The first-order valence-electron chi connectivity index (χ1n) is 17.9. The number of benzene rings is 9. The molecule has 0 amide bonds. The van der Waals surface area contributed by atoms with E-state index in [2.05, 4.69) is 216 Å². The molecule has 2 nitrogen and oxygen atoms in total. The quantitative estimate of drug-likeness (QED) is 0.161. The third-order valence-corrected chi connectivity index (χ3v) is 10.3. The number of hydrogen-bond donors (Lipinski definition) is 0. The van der Waals surface area contributed by atoms with Gasteiger partial charge < -0.3 is 9.47 Å². The van der Waals surface area contributed by atoms with Gasteiger partial charge in [0, 0.05) is 38.9 Å². The van der Waals surface area contributed by atoms with Crippen molar-refractivity contribution in [3.05, 3.63) is 206 Å². The van der Waals surface area contributed by atoms with E-state index in [0.717, 1.165) is 22.7 Å². The fraction of sp³-hybridized carbons (Fsp3) is 0. The third-order valence-electron chi connectivity index (χ3n) is 10.3. The van der Waals surface area contributed by atoms with Crippen molar-refractivity contribution in [2.75, 3.05) is 4.90 Å². The Balaban J connectivity index is 1.17. The Labute approximate surface area is 303 Å². The van der Waals surface area contributed by atoms with Gasteiger partial charge in [0.15, 0.2) is 0 Å². The SMILES string of the molecule is c1ccc(-c2ccc(N(c3ccccc3)c3cccc(-c4ccc5c(c4)c4c6ccccc6c6ccccc6c4n5-c4ccccc4)c3)cc2)cc1. The molecule has 0 aliphatic heterocycles. The van der Waals surface area contributed by atoms with Crippen LogP contribution in [0.2, 0.25) is 0 Å². The molecule has 0 spiro atoms. The van der Waals surface area contributed by atoms with Crippen molar-refractivity contribution in [3.63, 3.8) is 0 Å². The normalized spacial score (nSPS) is 11.5. The van der Waals surface area contributed by atoms with Crippen molar-refractivity contribution >= 4 is 60.4 Å². The van der Waals surface area contributed by atoms with Crippen LogP contribution in [0.1, 0.15) is 0 Å². The topological polar surface area (TPSA) is 8.17 Å². The van der Waals surface area contributed by atoms with Gasteiger partial charge in [-0.05, 0) is 99.1 Å². The van der Waals surface area contributed by atoms with Gasteiger partial charge in [-0.1, -0.05) is 146 Å². The molecule has 244 valence electrons. The first-order chi connectivity index (χ1) is 25.8. The van der Waals surface area contributed by atoms with E-state index in [0.29, 0.717) is 0 Å². The average Bonchev–Trinajstić information content (AvgIpc) is 3.58. The van der Waals surface area contributed by atoms with Crippen molar-refractivity contribution in [1.82, 2.24) is 4.57 Å².